The third kappa shape index (κ3) is 3.51. The topological polar surface area (TPSA) is 57.2 Å². The van der Waals surface area contributed by atoms with Gasteiger partial charge in [-0.1, -0.05) is 30.0 Å². The number of benzene rings is 2. The minimum Gasteiger partial charge on any atom is -0.354 e. The van der Waals surface area contributed by atoms with Crippen molar-refractivity contribution in [2.24, 2.45) is 4.99 Å². The number of H-pyrrole nitrogens is 1. The first-order chi connectivity index (χ1) is 12.7. The molecule has 0 bridgehead atoms. The number of aryl methyl sites for hydroxylation is 1. The minimum atomic E-state index is -0.263. The van der Waals surface area contributed by atoms with Crippen LogP contribution in [-0.2, 0) is 11.2 Å². The maximum atomic E-state index is 13.3. The van der Waals surface area contributed by atoms with Crippen LogP contribution in [0.25, 0.3) is 22.2 Å². The highest BCUT2D eigenvalue weighted by Crippen LogP contribution is 2.31. The van der Waals surface area contributed by atoms with Crippen LogP contribution in [0.3, 0.4) is 0 Å². The SMILES string of the molecule is O=C(CCc1c(-c2ccc(F)cc2)[nH]c2ccccc12)NC1=NCCS1. The fraction of sp³-hybridized carbons (Fsp3) is 0.200. The predicted octanol–water partition coefficient (Wildman–Crippen LogP) is 4.13. The second-order valence-corrected chi connectivity index (χ2v) is 7.20. The largest absolute Gasteiger partial charge is 0.354 e. The number of aromatic nitrogens is 1. The van der Waals surface area contributed by atoms with E-state index in [0.29, 0.717) is 18.0 Å². The summed E-state index contributed by atoms with van der Waals surface area (Å²) in [5.41, 5.74) is 3.93. The summed E-state index contributed by atoms with van der Waals surface area (Å²) in [4.78, 5) is 19.9. The summed E-state index contributed by atoms with van der Waals surface area (Å²) < 4.78 is 13.3. The Balaban J connectivity index is 1.61. The Morgan fingerprint density at radius 3 is 2.77 bits per heavy atom. The lowest BCUT2D eigenvalue weighted by molar-refractivity contribution is -0.119. The van der Waals surface area contributed by atoms with E-state index in [2.05, 4.69) is 15.3 Å². The van der Waals surface area contributed by atoms with Crippen molar-refractivity contribution >= 4 is 33.7 Å². The van der Waals surface area contributed by atoms with Crippen molar-refractivity contribution < 1.29 is 9.18 Å². The molecule has 0 fully saturated rings. The number of carbonyl (C=O) groups is 1. The molecule has 2 aromatic carbocycles. The molecule has 6 heteroatoms. The molecule has 3 aromatic rings. The van der Waals surface area contributed by atoms with Gasteiger partial charge in [0.1, 0.15) is 5.82 Å². The number of thioether (sulfide) groups is 1. The van der Waals surface area contributed by atoms with Crippen molar-refractivity contribution in [2.75, 3.05) is 12.3 Å². The molecular weight excluding hydrogens is 349 g/mol. The first-order valence-electron chi connectivity index (χ1n) is 8.53. The lowest BCUT2D eigenvalue weighted by atomic mass is 10.0. The van der Waals surface area contributed by atoms with E-state index >= 15 is 0 Å². The van der Waals surface area contributed by atoms with Crippen LogP contribution in [-0.4, -0.2) is 28.4 Å². The summed E-state index contributed by atoms with van der Waals surface area (Å²) in [6, 6.07) is 14.4. The van der Waals surface area contributed by atoms with E-state index in [9.17, 15) is 9.18 Å². The van der Waals surface area contributed by atoms with Gasteiger partial charge >= 0.3 is 0 Å². The molecule has 0 unspecified atom stereocenters. The Bertz CT molecular complexity index is 978. The normalized spacial score (nSPS) is 13.8. The highest BCUT2D eigenvalue weighted by molar-refractivity contribution is 8.14. The number of amides is 1. The number of para-hydroxylation sites is 1. The summed E-state index contributed by atoms with van der Waals surface area (Å²) in [6.07, 6.45) is 0.968. The molecule has 0 atom stereocenters. The molecule has 1 amide bonds. The number of hydrogen-bond donors (Lipinski definition) is 2. The number of nitrogens with zero attached hydrogens (tertiary/aromatic N) is 1. The van der Waals surface area contributed by atoms with Crippen molar-refractivity contribution in [1.82, 2.24) is 10.3 Å². The van der Waals surface area contributed by atoms with E-state index in [-0.39, 0.29) is 11.7 Å². The summed E-state index contributed by atoms with van der Waals surface area (Å²) >= 11 is 1.57. The van der Waals surface area contributed by atoms with E-state index in [1.165, 1.54) is 12.1 Å². The zero-order valence-corrected chi connectivity index (χ0v) is 14.9. The standard InChI is InChI=1S/C20H18FN3OS/c21-14-7-5-13(6-8-14)19-16(15-3-1-2-4-17(15)23-19)9-10-18(25)24-20-22-11-12-26-20/h1-8,23H,9-12H2,(H,22,24,25). The average Bonchev–Trinajstić information content (AvgIpc) is 3.28. The van der Waals surface area contributed by atoms with Gasteiger partial charge in [-0.05, 0) is 47.9 Å². The van der Waals surface area contributed by atoms with E-state index in [1.54, 1.807) is 23.9 Å². The molecule has 0 saturated heterocycles. The van der Waals surface area contributed by atoms with Gasteiger partial charge in [0.05, 0.1) is 6.54 Å². The molecule has 1 aliphatic heterocycles. The van der Waals surface area contributed by atoms with Gasteiger partial charge in [0.25, 0.3) is 0 Å². The van der Waals surface area contributed by atoms with E-state index in [4.69, 9.17) is 0 Å². The maximum absolute atomic E-state index is 13.3. The van der Waals surface area contributed by atoms with Gasteiger partial charge in [0.15, 0.2) is 5.17 Å². The molecule has 132 valence electrons. The first kappa shape index (κ1) is 16.8. The summed E-state index contributed by atoms with van der Waals surface area (Å²) in [6.45, 7) is 0.761. The first-order valence-corrected chi connectivity index (χ1v) is 9.52. The van der Waals surface area contributed by atoms with Crippen molar-refractivity contribution in [3.63, 3.8) is 0 Å². The van der Waals surface area contributed by atoms with Crippen LogP contribution >= 0.6 is 11.8 Å². The number of carbonyl (C=O) groups excluding carboxylic acids is 1. The number of halogens is 1. The summed E-state index contributed by atoms with van der Waals surface area (Å²) in [7, 11) is 0. The number of rotatable bonds is 4. The van der Waals surface area contributed by atoms with Crippen LogP contribution in [0.15, 0.2) is 53.5 Å². The zero-order chi connectivity index (χ0) is 17.9. The van der Waals surface area contributed by atoms with Crippen LogP contribution in [0.4, 0.5) is 4.39 Å². The van der Waals surface area contributed by atoms with Gasteiger partial charge in [0, 0.05) is 28.8 Å². The Morgan fingerprint density at radius 1 is 1.19 bits per heavy atom. The predicted molar refractivity (Wildman–Crippen MR) is 105 cm³/mol. The van der Waals surface area contributed by atoms with Gasteiger partial charge in [-0.2, -0.15) is 0 Å². The summed E-state index contributed by atoms with van der Waals surface area (Å²) in [5, 5.41) is 4.68. The van der Waals surface area contributed by atoms with E-state index in [1.807, 2.05) is 24.3 Å². The molecule has 0 saturated carbocycles. The number of fused-ring (bicyclic) bond motifs is 1. The molecule has 26 heavy (non-hydrogen) atoms. The highest BCUT2D eigenvalue weighted by atomic mass is 32.2. The van der Waals surface area contributed by atoms with Crippen LogP contribution < -0.4 is 5.32 Å². The van der Waals surface area contributed by atoms with Crippen molar-refractivity contribution in [3.05, 3.63) is 59.9 Å². The lowest BCUT2D eigenvalue weighted by Gasteiger charge is -2.07. The number of amidine groups is 1. The molecular formula is C20H18FN3OS. The van der Waals surface area contributed by atoms with Crippen LogP contribution in [0.1, 0.15) is 12.0 Å². The van der Waals surface area contributed by atoms with Gasteiger partial charge in [-0.15, -0.1) is 0 Å². The van der Waals surface area contributed by atoms with Gasteiger partial charge in [0.2, 0.25) is 5.91 Å². The van der Waals surface area contributed by atoms with Crippen LogP contribution in [0.5, 0.6) is 0 Å². The van der Waals surface area contributed by atoms with Gasteiger partial charge in [-0.25, -0.2) is 4.39 Å². The monoisotopic (exact) mass is 367 g/mol. The second-order valence-electron chi connectivity index (χ2n) is 6.11. The minimum absolute atomic E-state index is 0.0338. The third-order valence-electron chi connectivity index (χ3n) is 4.38. The highest BCUT2D eigenvalue weighted by Gasteiger charge is 2.16. The van der Waals surface area contributed by atoms with Crippen molar-refractivity contribution in [2.45, 2.75) is 12.8 Å². The Morgan fingerprint density at radius 2 is 2.00 bits per heavy atom. The fourth-order valence-corrected chi connectivity index (χ4v) is 3.90. The molecule has 2 N–H and O–H groups in total. The number of aromatic amines is 1. The molecule has 2 heterocycles. The molecule has 0 spiro atoms. The second kappa shape index (κ2) is 7.33. The molecule has 1 aliphatic rings. The van der Waals surface area contributed by atoms with E-state index in [0.717, 1.165) is 40.0 Å². The Labute approximate surface area is 154 Å². The van der Waals surface area contributed by atoms with Crippen molar-refractivity contribution in [3.8, 4) is 11.3 Å². The zero-order valence-electron chi connectivity index (χ0n) is 14.1. The molecule has 0 radical (unpaired) electrons. The molecule has 1 aromatic heterocycles. The molecule has 4 nitrogen and oxygen atoms in total. The average molecular weight is 367 g/mol. The van der Waals surface area contributed by atoms with E-state index < -0.39 is 0 Å². The number of aliphatic imine (C=N–C) groups is 1. The quantitative estimate of drug-likeness (QED) is 0.729. The summed E-state index contributed by atoms with van der Waals surface area (Å²) in [5.74, 6) is 0.626. The smallest absolute Gasteiger partial charge is 0.226 e. The number of nitrogens with one attached hydrogen (secondary N) is 2. The number of hydrogen-bond acceptors (Lipinski definition) is 3. The van der Waals surface area contributed by atoms with Crippen molar-refractivity contribution in [1.29, 1.82) is 0 Å². The van der Waals surface area contributed by atoms with Gasteiger partial charge < -0.3 is 10.3 Å². The Hall–Kier alpha value is -2.60. The maximum Gasteiger partial charge on any atom is 0.226 e. The fourth-order valence-electron chi connectivity index (χ4n) is 3.15. The molecule has 4 rings (SSSR count). The lowest BCUT2D eigenvalue weighted by Crippen LogP contribution is -2.27. The Kier molecular flexibility index (Phi) is 4.75. The van der Waals surface area contributed by atoms with Crippen LogP contribution in [0.2, 0.25) is 0 Å². The van der Waals surface area contributed by atoms with Crippen LogP contribution in [0, 0.1) is 5.82 Å². The van der Waals surface area contributed by atoms with Gasteiger partial charge in [-0.3, -0.25) is 9.79 Å². The third-order valence-corrected chi connectivity index (χ3v) is 5.27. The molecule has 0 aliphatic carbocycles.